The number of sulfone groups is 1. The van der Waals surface area contributed by atoms with Gasteiger partial charge in [0.15, 0.2) is 15.8 Å². The van der Waals surface area contributed by atoms with Gasteiger partial charge in [0.25, 0.3) is 0 Å². The molecule has 0 atom stereocenters. The smallest absolute Gasteiger partial charge is 0.226 e. The highest BCUT2D eigenvalue weighted by Crippen LogP contribution is 2.19. The van der Waals surface area contributed by atoms with E-state index in [1.54, 1.807) is 13.3 Å². The minimum Gasteiger partial charge on any atom is -0.444 e. The van der Waals surface area contributed by atoms with Gasteiger partial charge in [-0.2, -0.15) is 0 Å². The van der Waals surface area contributed by atoms with Crippen molar-refractivity contribution in [2.24, 2.45) is 4.99 Å². The summed E-state index contributed by atoms with van der Waals surface area (Å²) in [7, 11) is -1.33. The summed E-state index contributed by atoms with van der Waals surface area (Å²) < 4.78 is 28.3. The molecular formula is C22H27IN4O3S. The number of aliphatic imine (C=N–C) groups is 1. The van der Waals surface area contributed by atoms with Crippen molar-refractivity contribution in [1.29, 1.82) is 0 Å². The first kappa shape index (κ1) is 24.9. The van der Waals surface area contributed by atoms with Crippen LogP contribution in [0.4, 0.5) is 0 Å². The molecule has 1 aromatic heterocycles. The van der Waals surface area contributed by atoms with E-state index in [9.17, 15) is 8.42 Å². The highest BCUT2D eigenvalue weighted by Gasteiger charge is 2.08. The topological polar surface area (TPSA) is 96.6 Å². The van der Waals surface area contributed by atoms with Gasteiger partial charge in [-0.1, -0.05) is 42.0 Å². The van der Waals surface area contributed by atoms with E-state index in [4.69, 9.17) is 4.42 Å². The molecule has 3 rings (SSSR count). The van der Waals surface area contributed by atoms with Crippen LogP contribution in [0.3, 0.4) is 0 Å². The second kappa shape index (κ2) is 11.3. The monoisotopic (exact) mass is 554 g/mol. The predicted molar refractivity (Wildman–Crippen MR) is 134 cm³/mol. The molecular weight excluding hydrogens is 527 g/mol. The maximum Gasteiger partial charge on any atom is 0.226 e. The Bertz CT molecular complexity index is 1110. The van der Waals surface area contributed by atoms with Crippen LogP contribution in [0, 0.1) is 6.92 Å². The number of aromatic nitrogens is 1. The van der Waals surface area contributed by atoms with Crippen LogP contribution in [0.15, 0.2) is 64.2 Å². The predicted octanol–water partition coefficient (Wildman–Crippen LogP) is 3.68. The van der Waals surface area contributed by atoms with E-state index in [0.717, 1.165) is 22.4 Å². The number of oxazole rings is 1. The molecule has 166 valence electrons. The standard InChI is InChI=1S/C22H26N4O3S.HI/c1-16-4-10-19(11-5-16)21-26-20(14-29-21)13-25-22(23-2)24-12-17-6-8-18(9-7-17)15-30(3,27)28;/h4-11,14H,12-13,15H2,1-3H3,(H2,23,24,25);1H. The third kappa shape index (κ3) is 7.98. The summed E-state index contributed by atoms with van der Waals surface area (Å²) in [5.74, 6) is 1.27. The van der Waals surface area contributed by atoms with Crippen LogP contribution >= 0.6 is 24.0 Å². The Hall–Kier alpha value is -2.40. The Labute approximate surface area is 200 Å². The summed E-state index contributed by atoms with van der Waals surface area (Å²) in [5, 5.41) is 6.44. The Morgan fingerprint density at radius 1 is 1.00 bits per heavy atom. The van der Waals surface area contributed by atoms with E-state index in [1.165, 1.54) is 11.8 Å². The van der Waals surface area contributed by atoms with Crippen molar-refractivity contribution in [3.05, 3.63) is 77.2 Å². The number of nitrogens with one attached hydrogen (secondary N) is 2. The van der Waals surface area contributed by atoms with Gasteiger partial charge in [0.2, 0.25) is 5.89 Å². The van der Waals surface area contributed by atoms with Crippen molar-refractivity contribution in [3.8, 4) is 11.5 Å². The average molecular weight is 554 g/mol. The molecule has 0 bridgehead atoms. The molecule has 2 aromatic carbocycles. The normalized spacial score (nSPS) is 11.6. The third-order valence-corrected chi connectivity index (χ3v) is 5.28. The molecule has 0 saturated heterocycles. The van der Waals surface area contributed by atoms with Gasteiger partial charge in [0.1, 0.15) is 6.26 Å². The lowest BCUT2D eigenvalue weighted by molar-refractivity contribution is 0.572. The van der Waals surface area contributed by atoms with E-state index >= 15 is 0 Å². The number of hydrogen-bond acceptors (Lipinski definition) is 5. The highest BCUT2D eigenvalue weighted by molar-refractivity contribution is 14.0. The van der Waals surface area contributed by atoms with Gasteiger partial charge < -0.3 is 15.1 Å². The number of nitrogens with zero attached hydrogens (tertiary/aromatic N) is 2. The van der Waals surface area contributed by atoms with Crippen LogP contribution < -0.4 is 10.6 Å². The summed E-state index contributed by atoms with van der Waals surface area (Å²) in [5.41, 5.74) is 4.71. The van der Waals surface area contributed by atoms with E-state index < -0.39 is 9.84 Å². The van der Waals surface area contributed by atoms with E-state index in [-0.39, 0.29) is 29.7 Å². The summed E-state index contributed by atoms with van der Waals surface area (Å²) >= 11 is 0. The lowest BCUT2D eigenvalue weighted by Crippen LogP contribution is -2.36. The van der Waals surface area contributed by atoms with Crippen molar-refractivity contribution in [1.82, 2.24) is 15.6 Å². The van der Waals surface area contributed by atoms with Crippen molar-refractivity contribution in [3.63, 3.8) is 0 Å². The van der Waals surface area contributed by atoms with E-state index in [1.807, 2.05) is 55.5 Å². The zero-order valence-corrected chi connectivity index (χ0v) is 20.9. The Morgan fingerprint density at radius 2 is 1.61 bits per heavy atom. The fourth-order valence-corrected chi connectivity index (χ4v) is 3.65. The minimum absolute atomic E-state index is 0. The zero-order chi connectivity index (χ0) is 21.6. The van der Waals surface area contributed by atoms with E-state index in [0.29, 0.717) is 24.9 Å². The number of aryl methyl sites for hydroxylation is 1. The van der Waals surface area contributed by atoms with Crippen LogP contribution in [0.1, 0.15) is 22.4 Å². The molecule has 0 aliphatic heterocycles. The minimum atomic E-state index is -3.03. The maximum atomic E-state index is 11.4. The van der Waals surface area contributed by atoms with Gasteiger partial charge in [0, 0.05) is 25.4 Å². The lowest BCUT2D eigenvalue weighted by atomic mass is 10.1. The van der Waals surface area contributed by atoms with Gasteiger partial charge in [-0.15, -0.1) is 24.0 Å². The quantitative estimate of drug-likeness (QED) is 0.263. The van der Waals surface area contributed by atoms with Crippen LogP contribution in [0.5, 0.6) is 0 Å². The molecule has 7 nitrogen and oxygen atoms in total. The van der Waals surface area contributed by atoms with Gasteiger partial charge in [-0.05, 0) is 30.2 Å². The van der Waals surface area contributed by atoms with Crippen molar-refractivity contribution < 1.29 is 12.8 Å². The molecule has 0 unspecified atom stereocenters. The molecule has 0 aliphatic carbocycles. The fourth-order valence-electron chi connectivity index (χ4n) is 2.85. The van der Waals surface area contributed by atoms with Crippen LogP contribution in [0.2, 0.25) is 0 Å². The summed E-state index contributed by atoms with van der Waals surface area (Å²) in [4.78, 5) is 8.73. The average Bonchev–Trinajstić information content (AvgIpc) is 3.18. The molecule has 0 aliphatic rings. The number of guanidine groups is 1. The van der Waals surface area contributed by atoms with Gasteiger partial charge in [-0.3, -0.25) is 4.99 Å². The first-order chi connectivity index (χ1) is 14.3. The Balaban J connectivity index is 0.00000341. The van der Waals surface area contributed by atoms with Crippen LogP contribution in [0.25, 0.3) is 11.5 Å². The van der Waals surface area contributed by atoms with Crippen molar-refractivity contribution >= 4 is 39.8 Å². The maximum absolute atomic E-state index is 11.4. The molecule has 0 spiro atoms. The van der Waals surface area contributed by atoms with Gasteiger partial charge in [0.05, 0.1) is 18.0 Å². The first-order valence-electron chi connectivity index (χ1n) is 9.54. The molecule has 3 aromatic rings. The van der Waals surface area contributed by atoms with E-state index in [2.05, 4.69) is 20.6 Å². The molecule has 0 saturated carbocycles. The SMILES string of the molecule is CN=C(NCc1ccc(CS(C)(=O)=O)cc1)NCc1coc(-c2ccc(C)cc2)n1.I. The molecule has 2 N–H and O–H groups in total. The molecule has 31 heavy (non-hydrogen) atoms. The summed E-state index contributed by atoms with van der Waals surface area (Å²) in [6.07, 6.45) is 2.87. The van der Waals surface area contributed by atoms with Crippen molar-refractivity contribution in [2.75, 3.05) is 13.3 Å². The van der Waals surface area contributed by atoms with Crippen LogP contribution in [-0.4, -0.2) is 32.7 Å². The van der Waals surface area contributed by atoms with Crippen molar-refractivity contribution in [2.45, 2.75) is 25.8 Å². The molecule has 0 radical (unpaired) electrons. The number of hydrogen-bond donors (Lipinski definition) is 2. The van der Waals surface area contributed by atoms with Gasteiger partial charge in [-0.25, -0.2) is 13.4 Å². The first-order valence-corrected chi connectivity index (χ1v) is 11.6. The zero-order valence-electron chi connectivity index (χ0n) is 17.8. The molecule has 0 fully saturated rings. The third-order valence-electron chi connectivity index (χ3n) is 4.42. The Morgan fingerprint density at radius 3 is 2.23 bits per heavy atom. The molecule has 1 heterocycles. The number of halogens is 1. The largest absolute Gasteiger partial charge is 0.444 e. The lowest BCUT2D eigenvalue weighted by Gasteiger charge is -2.11. The molecule has 0 amide bonds. The summed E-state index contributed by atoms with van der Waals surface area (Å²) in [6, 6.07) is 15.5. The number of rotatable bonds is 7. The summed E-state index contributed by atoms with van der Waals surface area (Å²) in [6.45, 7) is 3.08. The second-order valence-corrected chi connectivity index (χ2v) is 9.32. The van der Waals surface area contributed by atoms with Crippen LogP contribution in [-0.2, 0) is 28.7 Å². The fraction of sp³-hybridized carbons (Fsp3) is 0.273. The second-order valence-electron chi connectivity index (χ2n) is 7.18. The highest BCUT2D eigenvalue weighted by atomic mass is 127. The Kier molecular flexibility index (Phi) is 9.05. The number of benzene rings is 2. The van der Waals surface area contributed by atoms with Gasteiger partial charge >= 0.3 is 0 Å². The molecule has 9 heteroatoms.